The second kappa shape index (κ2) is 6.15. The maximum Gasteiger partial charge on any atom is 0.306 e. The van der Waals surface area contributed by atoms with Crippen molar-refractivity contribution in [2.75, 3.05) is 7.11 Å². The van der Waals surface area contributed by atoms with E-state index in [9.17, 15) is 14.7 Å². The Morgan fingerprint density at radius 3 is 3.04 bits per heavy atom. The highest BCUT2D eigenvalue weighted by Crippen LogP contribution is 2.34. The number of ether oxygens (including phenoxy) is 1. The third kappa shape index (κ3) is 2.73. The first-order valence-electron chi connectivity index (χ1n) is 7.20. The highest BCUT2D eigenvalue weighted by Gasteiger charge is 2.29. The van der Waals surface area contributed by atoms with Gasteiger partial charge in [-0.3, -0.25) is 9.59 Å². The summed E-state index contributed by atoms with van der Waals surface area (Å²) in [5, 5.41) is 14.3. The van der Waals surface area contributed by atoms with E-state index in [1.54, 1.807) is 25.4 Å². The van der Waals surface area contributed by atoms with E-state index in [0.717, 1.165) is 0 Å². The molecule has 0 amide bonds. The lowest BCUT2D eigenvalue weighted by atomic mass is 9.94. The van der Waals surface area contributed by atoms with Gasteiger partial charge in [0.25, 0.3) is 0 Å². The summed E-state index contributed by atoms with van der Waals surface area (Å²) in [5.41, 5.74) is 0.466. The average Bonchev–Trinajstić information content (AvgIpc) is 3.00. The molecule has 3 heterocycles. The summed E-state index contributed by atoms with van der Waals surface area (Å²) < 4.78 is 11.8. The maximum absolute atomic E-state index is 11.9. The van der Waals surface area contributed by atoms with Crippen molar-refractivity contribution in [3.8, 4) is 5.75 Å². The molecule has 0 unspecified atom stereocenters. The number of methoxy groups -OCH3 is 1. The predicted octanol–water partition coefficient (Wildman–Crippen LogP) is 1.39. The van der Waals surface area contributed by atoms with Gasteiger partial charge in [0.05, 0.1) is 25.6 Å². The molecule has 3 aromatic heterocycles. The molecular formula is C16H15N3O5. The summed E-state index contributed by atoms with van der Waals surface area (Å²) in [6.45, 7) is 1.59. The highest BCUT2D eigenvalue weighted by atomic mass is 16.5. The van der Waals surface area contributed by atoms with Gasteiger partial charge in [-0.15, -0.1) is 0 Å². The van der Waals surface area contributed by atoms with Gasteiger partial charge >= 0.3 is 5.97 Å². The van der Waals surface area contributed by atoms with Crippen LogP contribution >= 0.6 is 0 Å². The number of carbonyl (C=O) groups is 1. The minimum Gasteiger partial charge on any atom is -0.502 e. The molecule has 0 aliphatic rings. The first-order valence-corrected chi connectivity index (χ1v) is 7.20. The van der Waals surface area contributed by atoms with Gasteiger partial charge in [0, 0.05) is 24.0 Å². The van der Waals surface area contributed by atoms with E-state index < -0.39 is 23.1 Å². The van der Waals surface area contributed by atoms with E-state index >= 15 is 0 Å². The van der Waals surface area contributed by atoms with Crippen LogP contribution in [0.4, 0.5) is 0 Å². The number of aromatic hydroxyl groups is 1. The Balaban J connectivity index is 2.21. The summed E-state index contributed by atoms with van der Waals surface area (Å²) >= 11 is 0. The molecule has 0 saturated heterocycles. The van der Waals surface area contributed by atoms with Crippen molar-refractivity contribution in [2.24, 2.45) is 0 Å². The topological polar surface area (TPSA) is 107 Å². The molecule has 0 aliphatic carbocycles. The molecule has 3 rings (SSSR count). The van der Waals surface area contributed by atoms with Crippen molar-refractivity contribution in [1.29, 1.82) is 0 Å². The third-order valence-electron chi connectivity index (χ3n) is 3.67. The molecule has 0 saturated carbocycles. The number of carbonyl (C=O) groups excluding carboxylic acids is 1. The molecule has 8 nitrogen and oxygen atoms in total. The van der Waals surface area contributed by atoms with Gasteiger partial charge in [0.2, 0.25) is 11.2 Å². The molecule has 1 N–H and O–H groups in total. The Hall–Kier alpha value is -3.16. The Bertz CT molecular complexity index is 960. The second-order valence-corrected chi connectivity index (χ2v) is 5.25. The lowest BCUT2D eigenvalue weighted by Gasteiger charge is -2.15. The van der Waals surface area contributed by atoms with Gasteiger partial charge in [-0.25, -0.2) is 9.50 Å². The zero-order chi connectivity index (χ0) is 17.3. The van der Waals surface area contributed by atoms with Crippen LogP contribution in [0, 0.1) is 6.92 Å². The molecule has 1 atom stereocenters. The third-order valence-corrected chi connectivity index (χ3v) is 3.67. The van der Waals surface area contributed by atoms with E-state index in [1.165, 1.54) is 23.9 Å². The maximum atomic E-state index is 11.9. The van der Waals surface area contributed by atoms with Crippen LogP contribution in [0.2, 0.25) is 0 Å². The summed E-state index contributed by atoms with van der Waals surface area (Å²) in [7, 11) is 1.26. The summed E-state index contributed by atoms with van der Waals surface area (Å²) in [6, 6.07) is 2.89. The number of aryl methyl sites for hydroxylation is 1. The normalized spacial score (nSPS) is 12.2. The first-order chi connectivity index (χ1) is 11.5. The molecule has 0 bridgehead atoms. The van der Waals surface area contributed by atoms with Crippen molar-refractivity contribution >= 4 is 11.6 Å². The molecule has 3 aromatic rings. The fourth-order valence-corrected chi connectivity index (χ4v) is 2.55. The smallest absolute Gasteiger partial charge is 0.306 e. The van der Waals surface area contributed by atoms with Gasteiger partial charge in [-0.2, -0.15) is 5.10 Å². The van der Waals surface area contributed by atoms with Gasteiger partial charge in [-0.1, -0.05) is 0 Å². The largest absolute Gasteiger partial charge is 0.502 e. The molecule has 124 valence electrons. The Kier molecular flexibility index (Phi) is 4.03. The zero-order valence-corrected chi connectivity index (χ0v) is 13.1. The number of esters is 1. The van der Waals surface area contributed by atoms with E-state index in [0.29, 0.717) is 17.0 Å². The second-order valence-electron chi connectivity index (χ2n) is 5.25. The standard InChI is InChI=1S/C16H15N3O5/c1-9-6-12(20)14(22)15(24-9)10(7-13(21)23-2)11-8-18-19-5-3-4-17-16(11)19/h3-6,8,10,22H,7H2,1-2H3/t10-/m1/s1. The summed E-state index contributed by atoms with van der Waals surface area (Å²) in [4.78, 5) is 28.0. The molecule has 0 aromatic carbocycles. The van der Waals surface area contributed by atoms with Gasteiger partial charge in [0.1, 0.15) is 5.76 Å². The fourth-order valence-electron chi connectivity index (χ4n) is 2.55. The van der Waals surface area contributed by atoms with Crippen LogP contribution in [0.5, 0.6) is 5.75 Å². The lowest BCUT2D eigenvalue weighted by molar-refractivity contribution is -0.140. The Labute approximate surface area is 136 Å². The zero-order valence-electron chi connectivity index (χ0n) is 13.1. The number of fused-ring (bicyclic) bond motifs is 1. The minimum absolute atomic E-state index is 0.00838. The number of hydrogen-bond donors (Lipinski definition) is 1. The van der Waals surface area contributed by atoms with E-state index in [4.69, 9.17) is 9.15 Å². The average molecular weight is 329 g/mol. The summed E-state index contributed by atoms with van der Waals surface area (Å²) in [5.74, 6) is -1.49. The minimum atomic E-state index is -0.752. The van der Waals surface area contributed by atoms with Crippen LogP contribution in [0.3, 0.4) is 0 Å². The Morgan fingerprint density at radius 1 is 1.50 bits per heavy atom. The van der Waals surface area contributed by atoms with Crippen LogP contribution in [-0.2, 0) is 9.53 Å². The van der Waals surface area contributed by atoms with Gasteiger partial charge in [-0.05, 0) is 13.0 Å². The Morgan fingerprint density at radius 2 is 2.29 bits per heavy atom. The SMILES string of the molecule is COC(=O)C[C@@H](c1oc(C)cc(=O)c1O)c1cnn2cccnc12. The number of rotatable bonds is 4. The highest BCUT2D eigenvalue weighted by molar-refractivity contribution is 5.72. The van der Waals surface area contributed by atoms with Crippen LogP contribution in [0.1, 0.15) is 29.4 Å². The van der Waals surface area contributed by atoms with Crippen molar-refractivity contribution in [2.45, 2.75) is 19.3 Å². The van der Waals surface area contributed by atoms with Crippen molar-refractivity contribution < 1.29 is 19.1 Å². The lowest BCUT2D eigenvalue weighted by Crippen LogP contribution is -2.13. The van der Waals surface area contributed by atoms with Crippen LogP contribution in [0.15, 0.2) is 39.9 Å². The molecule has 24 heavy (non-hydrogen) atoms. The molecule has 0 radical (unpaired) electrons. The van der Waals surface area contributed by atoms with Crippen LogP contribution in [-0.4, -0.2) is 32.8 Å². The molecule has 0 fully saturated rings. The number of nitrogens with zero attached hydrogens (tertiary/aromatic N) is 3. The van der Waals surface area contributed by atoms with Crippen molar-refractivity contribution in [3.05, 3.63) is 58.0 Å². The van der Waals surface area contributed by atoms with Crippen molar-refractivity contribution in [3.63, 3.8) is 0 Å². The monoisotopic (exact) mass is 329 g/mol. The number of aromatic nitrogens is 3. The van der Waals surface area contributed by atoms with E-state index in [1.807, 2.05) is 0 Å². The van der Waals surface area contributed by atoms with Crippen LogP contribution in [0.25, 0.3) is 5.65 Å². The fraction of sp³-hybridized carbons (Fsp3) is 0.250. The number of hydrogen-bond acceptors (Lipinski definition) is 7. The van der Waals surface area contributed by atoms with Gasteiger partial charge in [0.15, 0.2) is 11.4 Å². The predicted molar refractivity (Wildman–Crippen MR) is 82.8 cm³/mol. The van der Waals surface area contributed by atoms with E-state index in [2.05, 4.69) is 10.1 Å². The first kappa shape index (κ1) is 15.7. The van der Waals surface area contributed by atoms with Crippen molar-refractivity contribution in [1.82, 2.24) is 14.6 Å². The molecule has 0 spiro atoms. The summed E-state index contributed by atoms with van der Waals surface area (Å²) in [6.07, 6.45) is 4.68. The molecule has 0 aliphatic heterocycles. The van der Waals surface area contributed by atoms with E-state index in [-0.39, 0.29) is 12.2 Å². The quantitative estimate of drug-likeness (QED) is 0.721. The van der Waals surface area contributed by atoms with Crippen LogP contribution < -0.4 is 5.43 Å². The van der Waals surface area contributed by atoms with Gasteiger partial charge < -0.3 is 14.3 Å². The molecule has 8 heteroatoms. The molecular weight excluding hydrogens is 314 g/mol.